The van der Waals surface area contributed by atoms with Crippen molar-refractivity contribution in [1.82, 2.24) is 4.98 Å². The molecule has 140 valence electrons. The first-order chi connectivity index (χ1) is 14.2. The Morgan fingerprint density at radius 2 is 1.72 bits per heavy atom. The van der Waals surface area contributed by atoms with Crippen molar-refractivity contribution in [2.45, 2.75) is 6.61 Å². The average Bonchev–Trinajstić information content (AvgIpc) is 2.77. The molecule has 4 aromatic rings. The van der Waals surface area contributed by atoms with E-state index in [1.807, 2.05) is 42.5 Å². The molecule has 4 rings (SSSR count). The van der Waals surface area contributed by atoms with Crippen LogP contribution in [0.5, 0.6) is 0 Å². The van der Waals surface area contributed by atoms with Crippen LogP contribution in [-0.2, 0) is 11.3 Å². The molecule has 0 unspecified atom stereocenters. The fourth-order valence-corrected chi connectivity index (χ4v) is 3.29. The number of aromatic nitrogens is 1. The van der Waals surface area contributed by atoms with Gasteiger partial charge in [-0.1, -0.05) is 60.1 Å². The molecule has 0 fully saturated rings. The van der Waals surface area contributed by atoms with Crippen LogP contribution in [0, 0.1) is 11.3 Å². The minimum atomic E-state index is -0.443. The van der Waals surface area contributed by atoms with Gasteiger partial charge in [-0.2, -0.15) is 5.26 Å². The van der Waals surface area contributed by atoms with E-state index in [0.717, 1.165) is 11.1 Å². The van der Waals surface area contributed by atoms with E-state index in [-0.39, 0.29) is 6.61 Å². The topological polar surface area (TPSA) is 63.0 Å². The number of nitrogens with zero attached hydrogens (tertiary/aromatic N) is 2. The molecule has 0 amide bonds. The average molecular weight is 399 g/mol. The quantitative estimate of drug-likeness (QED) is 0.408. The fraction of sp³-hybridized carbons (Fsp3) is 0.0417. The maximum absolute atomic E-state index is 12.9. The molecule has 3 aromatic carbocycles. The molecule has 0 bridgehead atoms. The lowest BCUT2D eigenvalue weighted by Crippen LogP contribution is -2.07. The van der Waals surface area contributed by atoms with Gasteiger partial charge in [-0.15, -0.1) is 0 Å². The minimum Gasteiger partial charge on any atom is -0.457 e. The number of para-hydroxylation sites is 1. The Hall–Kier alpha value is -3.68. The molecule has 0 aliphatic carbocycles. The summed E-state index contributed by atoms with van der Waals surface area (Å²) in [6.45, 7) is 0.114. The molecule has 0 aliphatic heterocycles. The van der Waals surface area contributed by atoms with Gasteiger partial charge in [-0.05, 0) is 35.9 Å². The molecule has 0 saturated heterocycles. The highest BCUT2D eigenvalue weighted by atomic mass is 35.5. The van der Waals surface area contributed by atoms with Crippen molar-refractivity contribution in [2.24, 2.45) is 0 Å². The van der Waals surface area contributed by atoms with Gasteiger partial charge in [0.2, 0.25) is 0 Å². The summed E-state index contributed by atoms with van der Waals surface area (Å²) >= 11 is 6.33. The summed E-state index contributed by atoms with van der Waals surface area (Å²) in [5.41, 5.74) is 3.85. The fourth-order valence-electron chi connectivity index (χ4n) is 3.05. The molecule has 29 heavy (non-hydrogen) atoms. The number of carbonyl (C=O) groups is 1. The third-order valence-corrected chi connectivity index (χ3v) is 4.87. The summed E-state index contributed by atoms with van der Waals surface area (Å²) in [4.78, 5) is 17.6. The lowest BCUT2D eigenvalue weighted by Gasteiger charge is -2.11. The molecule has 1 aromatic heterocycles. The van der Waals surface area contributed by atoms with Gasteiger partial charge in [-0.25, -0.2) is 9.78 Å². The highest BCUT2D eigenvalue weighted by Gasteiger charge is 2.16. The zero-order valence-corrected chi connectivity index (χ0v) is 16.1. The molecular formula is C24H15ClN2O2. The Morgan fingerprint density at radius 3 is 2.48 bits per heavy atom. The van der Waals surface area contributed by atoms with Crippen molar-refractivity contribution >= 4 is 28.5 Å². The molecule has 0 spiro atoms. The highest BCUT2D eigenvalue weighted by molar-refractivity contribution is 6.33. The van der Waals surface area contributed by atoms with E-state index in [0.29, 0.717) is 32.7 Å². The van der Waals surface area contributed by atoms with Crippen molar-refractivity contribution < 1.29 is 9.53 Å². The Morgan fingerprint density at radius 1 is 1.00 bits per heavy atom. The van der Waals surface area contributed by atoms with Crippen LogP contribution in [-0.4, -0.2) is 11.0 Å². The van der Waals surface area contributed by atoms with Crippen LogP contribution in [0.2, 0.25) is 5.02 Å². The number of esters is 1. The van der Waals surface area contributed by atoms with Crippen LogP contribution in [0.4, 0.5) is 0 Å². The van der Waals surface area contributed by atoms with Crippen LogP contribution in [0.1, 0.15) is 21.5 Å². The smallest absolute Gasteiger partial charge is 0.339 e. The maximum atomic E-state index is 12.9. The summed E-state index contributed by atoms with van der Waals surface area (Å²) in [5.74, 6) is -0.443. The van der Waals surface area contributed by atoms with E-state index in [1.54, 1.807) is 36.4 Å². The number of carbonyl (C=O) groups excluding carboxylic acids is 1. The van der Waals surface area contributed by atoms with E-state index in [4.69, 9.17) is 21.6 Å². The number of halogens is 1. The van der Waals surface area contributed by atoms with Crippen LogP contribution < -0.4 is 0 Å². The lowest BCUT2D eigenvalue weighted by molar-refractivity contribution is 0.0475. The van der Waals surface area contributed by atoms with Gasteiger partial charge in [-0.3, -0.25) is 0 Å². The largest absolute Gasteiger partial charge is 0.457 e. The van der Waals surface area contributed by atoms with Gasteiger partial charge in [0.15, 0.2) is 0 Å². The number of ether oxygens (including phenoxy) is 1. The van der Waals surface area contributed by atoms with E-state index >= 15 is 0 Å². The van der Waals surface area contributed by atoms with Crippen LogP contribution in [0.25, 0.3) is 22.2 Å². The van der Waals surface area contributed by atoms with Crippen molar-refractivity contribution in [1.29, 1.82) is 5.26 Å². The van der Waals surface area contributed by atoms with Gasteiger partial charge >= 0.3 is 5.97 Å². The van der Waals surface area contributed by atoms with Crippen molar-refractivity contribution in [3.63, 3.8) is 0 Å². The lowest BCUT2D eigenvalue weighted by atomic mass is 10.0. The normalized spacial score (nSPS) is 10.5. The van der Waals surface area contributed by atoms with Crippen molar-refractivity contribution in [3.8, 4) is 17.3 Å². The highest BCUT2D eigenvalue weighted by Crippen LogP contribution is 2.30. The molecule has 1 heterocycles. The first-order valence-corrected chi connectivity index (χ1v) is 9.34. The third-order valence-electron chi connectivity index (χ3n) is 4.54. The van der Waals surface area contributed by atoms with Gasteiger partial charge in [0.05, 0.1) is 28.4 Å². The summed E-state index contributed by atoms with van der Waals surface area (Å²) in [7, 11) is 0. The molecule has 0 radical (unpaired) electrons. The zero-order valence-electron chi connectivity index (χ0n) is 15.3. The molecule has 5 heteroatoms. The third kappa shape index (κ3) is 3.96. The number of benzene rings is 3. The number of nitriles is 1. The molecule has 0 N–H and O–H groups in total. The zero-order chi connectivity index (χ0) is 20.2. The van der Waals surface area contributed by atoms with Gasteiger partial charge in [0.25, 0.3) is 0 Å². The predicted molar refractivity (Wildman–Crippen MR) is 112 cm³/mol. The predicted octanol–water partition coefficient (Wildman–Crippen LogP) is 5.78. The Bertz CT molecular complexity index is 1240. The molecule has 4 nitrogen and oxygen atoms in total. The second kappa shape index (κ2) is 8.14. The van der Waals surface area contributed by atoms with E-state index in [2.05, 4.69) is 11.1 Å². The molecular weight excluding hydrogens is 384 g/mol. The first kappa shape index (κ1) is 18.7. The number of fused-ring (bicyclic) bond motifs is 1. The summed E-state index contributed by atoms with van der Waals surface area (Å²) < 4.78 is 5.53. The van der Waals surface area contributed by atoms with Gasteiger partial charge in [0, 0.05) is 16.0 Å². The van der Waals surface area contributed by atoms with Crippen LogP contribution in [0.3, 0.4) is 0 Å². The van der Waals surface area contributed by atoms with Crippen LogP contribution in [0.15, 0.2) is 78.9 Å². The Labute approximate surface area is 173 Å². The van der Waals surface area contributed by atoms with Crippen molar-refractivity contribution in [2.75, 3.05) is 0 Å². The van der Waals surface area contributed by atoms with E-state index < -0.39 is 5.97 Å². The van der Waals surface area contributed by atoms with E-state index in [9.17, 15) is 4.79 Å². The van der Waals surface area contributed by atoms with E-state index in [1.165, 1.54) is 0 Å². The standard InChI is InChI=1S/C24H15ClN2O2/c25-21-7-3-1-6-19(21)23-13-20(18-5-2-4-8-22(18)27-23)24(28)29-15-17-11-9-16(14-26)10-12-17/h1-13H,15H2. The Kier molecular flexibility index (Phi) is 5.24. The van der Waals surface area contributed by atoms with Gasteiger partial charge < -0.3 is 4.74 Å². The SMILES string of the molecule is N#Cc1ccc(COC(=O)c2cc(-c3ccccc3Cl)nc3ccccc23)cc1. The Balaban J connectivity index is 1.69. The molecule has 0 atom stereocenters. The second-order valence-electron chi connectivity index (χ2n) is 6.44. The maximum Gasteiger partial charge on any atom is 0.339 e. The summed E-state index contributed by atoms with van der Waals surface area (Å²) in [6, 6.07) is 25.5. The monoisotopic (exact) mass is 398 g/mol. The number of hydrogen-bond donors (Lipinski definition) is 0. The van der Waals surface area contributed by atoms with Crippen molar-refractivity contribution in [3.05, 3.63) is 101 Å². The molecule has 0 saturated carbocycles. The van der Waals surface area contributed by atoms with Gasteiger partial charge in [0.1, 0.15) is 6.61 Å². The second-order valence-corrected chi connectivity index (χ2v) is 6.84. The first-order valence-electron chi connectivity index (χ1n) is 8.96. The molecule has 0 aliphatic rings. The summed E-state index contributed by atoms with van der Waals surface area (Å²) in [5, 5.41) is 10.2. The summed E-state index contributed by atoms with van der Waals surface area (Å²) in [6.07, 6.45) is 0. The minimum absolute atomic E-state index is 0.114. The number of hydrogen-bond acceptors (Lipinski definition) is 4. The van der Waals surface area contributed by atoms with Crippen LogP contribution >= 0.6 is 11.6 Å². The number of rotatable bonds is 4. The number of pyridine rings is 1.